The van der Waals surface area contributed by atoms with Crippen molar-refractivity contribution in [3.8, 4) is 0 Å². The standard InChI is InChI=1S/C17H19N3S2/c1-2-19-14-5-3-4-6-15(14)20(17(19)21)12-18-9-7-16-13(11-18)8-10-22-16/h3-6,8,10H,2,7,9,11-12H2,1H3. The second-order valence-corrected chi connectivity index (χ2v) is 7.12. The van der Waals surface area contributed by atoms with Gasteiger partial charge in [-0.15, -0.1) is 11.3 Å². The molecule has 0 N–H and O–H groups in total. The van der Waals surface area contributed by atoms with E-state index in [1.165, 1.54) is 16.6 Å². The van der Waals surface area contributed by atoms with Crippen molar-refractivity contribution in [3.63, 3.8) is 0 Å². The van der Waals surface area contributed by atoms with Crippen molar-refractivity contribution in [2.24, 2.45) is 0 Å². The van der Waals surface area contributed by atoms with Crippen LogP contribution in [0.3, 0.4) is 0 Å². The zero-order chi connectivity index (χ0) is 15.1. The maximum atomic E-state index is 5.72. The van der Waals surface area contributed by atoms with E-state index in [4.69, 9.17) is 12.2 Å². The molecule has 0 aliphatic carbocycles. The van der Waals surface area contributed by atoms with Crippen molar-refractivity contribution in [2.45, 2.75) is 33.1 Å². The molecule has 0 atom stereocenters. The van der Waals surface area contributed by atoms with Gasteiger partial charge in [-0.1, -0.05) is 12.1 Å². The van der Waals surface area contributed by atoms with E-state index in [1.807, 2.05) is 11.3 Å². The summed E-state index contributed by atoms with van der Waals surface area (Å²) in [5, 5.41) is 2.21. The molecule has 114 valence electrons. The first-order valence-electron chi connectivity index (χ1n) is 7.73. The fourth-order valence-corrected chi connectivity index (χ4v) is 4.62. The SMILES string of the molecule is CCn1c(=S)n(CN2CCc3sccc3C2)c2ccccc21. The zero-order valence-corrected chi connectivity index (χ0v) is 14.3. The number of aromatic nitrogens is 2. The Balaban J connectivity index is 1.71. The van der Waals surface area contributed by atoms with Crippen LogP contribution in [-0.2, 0) is 26.2 Å². The topological polar surface area (TPSA) is 13.1 Å². The minimum Gasteiger partial charge on any atom is -0.317 e. The van der Waals surface area contributed by atoms with Crippen LogP contribution >= 0.6 is 23.6 Å². The molecular formula is C17H19N3S2. The lowest BCUT2D eigenvalue weighted by Crippen LogP contribution is -2.31. The molecule has 3 heterocycles. The van der Waals surface area contributed by atoms with Crippen LogP contribution in [0.15, 0.2) is 35.7 Å². The number of hydrogen-bond donors (Lipinski definition) is 0. The Hall–Kier alpha value is -1.43. The summed E-state index contributed by atoms with van der Waals surface area (Å²) in [5.41, 5.74) is 3.97. The van der Waals surface area contributed by atoms with Crippen molar-refractivity contribution in [1.29, 1.82) is 0 Å². The lowest BCUT2D eigenvalue weighted by molar-refractivity contribution is 0.203. The van der Waals surface area contributed by atoms with Gasteiger partial charge in [0.05, 0.1) is 17.7 Å². The molecule has 0 amide bonds. The highest BCUT2D eigenvalue weighted by molar-refractivity contribution is 7.71. The molecule has 3 aromatic rings. The lowest BCUT2D eigenvalue weighted by Gasteiger charge is -2.27. The first-order valence-corrected chi connectivity index (χ1v) is 9.02. The highest BCUT2D eigenvalue weighted by atomic mass is 32.1. The highest BCUT2D eigenvalue weighted by Crippen LogP contribution is 2.25. The molecule has 2 aromatic heterocycles. The van der Waals surface area contributed by atoms with Crippen LogP contribution in [-0.4, -0.2) is 20.6 Å². The van der Waals surface area contributed by atoms with Crippen LogP contribution in [0.2, 0.25) is 0 Å². The first kappa shape index (κ1) is 14.2. The molecule has 0 spiro atoms. The van der Waals surface area contributed by atoms with E-state index in [-0.39, 0.29) is 0 Å². The van der Waals surface area contributed by atoms with Gasteiger partial charge in [0.1, 0.15) is 0 Å². The van der Waals surface area contributed by atoms with Gasteiger partial charge in [-0.25, -0.2) is 0 Å². The van der Waals surface area contributed by atoms with Gasteiger partial charge in [0.2, 0.25) is 0 Å². The number of hydrogen-bond acceptors (Lipinski definition) is 3. The number of para-hydroxylation sites is 2. The van der Waals surface area contributed by atoms with Crippen molar-refractivity contribution in [3.05, 3.63) is 50.9 Å². The van der Waals surface area contributed by atoms with Crippen molar-refractivity contribution >= 4 is 34.6 Å². The summed E-state index contributed by atoms with van der Waals surface area (Å²) in [6, 6.07) is 10.8. The second kappa shape index (κ2) is 5.65. The monoisotopic (exact) mass is 329 g/mol. The molecule has 0 saturated carbocycles. The maximum absolute atomic E-state index is 5.72. The molecule has 5 heteroatoms. The number of fused-ring (bicyclic) bond motifs is 2. The summed E-state index contributed by atoms with van der Waals surface area (Å²) in [6.07, 6.45) is 1.16. The third-order valence-corrected chi connectivity index (χ3v) is 5.93. The van der Waals surface area contributed by atoms with Gasteiger partial charge in [-0.05, 0) is 54.7 Å². The van der Waals surface area contributed by atoms with Crippen molar-refractivity contribution < 1.29 is 0 Å². The van der Waals surface area contributed by atoms with E-state index in [2.05, 4.69) is 56.7 Å². The van der Waals surface area contributed by atoms with Crippen LogP contribution in [0.1, 0.15) is 17.4 Å². The molecule has 22 heavy (non-hydrogen) atoms. The molecule has 0 bridgehead atoms. The van der Waals surface area contributed by atoms with Gasteiger partial charge in [0.15, 0.2) is 4.77 Å². The predicted molar refractivity (Wildman–Crippen MR) is 94.9 cm³/mol. The Labute approximate surface area is 139 Å². The number of thiophene rings is 1. The van der Waals surface area contributed by atoms with Gasteiger partial charge in [0.25, 0.3) is 0 Å². The molecule has 3 nitrogen and oxygen atoms in total. The number of benzene rings is 1. The Morgan fingerprint density at radius 1 is 1.14 bits per heavy atom. The largest absolute Gasteiger partial charge is 0.317 e. The van der Waals surface area contributed by atoms with E-state index in [0.29, 0.717) is 0 Å². The van der Waals surface area contributed by atoms with E-state index >= 15 is 0 Å². The summed E-state index contributed by atoms with van der Waals surface area (Å²) < 4.78 is 5.44. The average molecular weight is 329 g/mol. The highest BCUT2D eigenvalue weighted by Gasteiger charge is 2.19. The smallest absolute Gasteiger partial charge is 0.181 e. The molecule has 1 aliphatic heterocycles. The second-order valence-electron chi connectivity index (χ2n) is 5.76. The zero-order valence-electron chi connectivity index (χ0n) is 12.7. The summed E-state index contributed by atoms with van der Waals surface area (Å²) in [7, 11) is 0. The van der Waals surface area contributed by atoms with Gasteiger partial charge < -0.3 is 9.13 Å². The number of aryl methyl sites for hydroxylation is 1. The predicted octanol–water partition coefficient (Wildman–Crippen LogP) is 4.27. The minimum atomic E-state index is 0.877. The fourth-order valence-electron chi connectivity index (χ4n) is 3.34. The quantitative estimate of drug-likeness (QED) is 0.666. The summed E-state index contributed by atoms with van der Waals surface area (Å²) in [6.45, 7) is 6.10. The molecule has 1 aromatic carbocycles. The van der Waals surface area contributed by atoms with Crippen LogP contribution in [0.4, 0.5) is 0 Å². The molecule has 0 saturated heterocycles. The Morgan fingerprint density at radius 3 is 2.68 bits per heavy atom. The van der Waals surface area contributed by atoms with Crippen LogP contribution in [0.25, 0.3) is 11.0 Å². The van der Waals surface area contributed by atoms with Crippen molar-refractivity contribution in [1.82, 2.24) is 14.0 Å². The number of imidazole rings is 1. The van der Waals surface area contributed by atoms with Crippen LogP contribution in [0.5, 0.6) is 0 Å². The lowest BCUT2D eigenvalue weighted by atomic mass is 10.1. The molecule has 0 fully saturated rings. The average Bonchev–Trinajstić information content (AvgIpc) is 3.10. The molecule has 4 rings (SSSR count). The molecule has 1 aliphatic rings. The summed E-state index contributed by atoms with van der Waals surface area (Å²) >= 11 is 7.61. The summed E-state index contributed by atoms with van der Waals surface area (Å²) in [5.74, 6) is 0. The summed E-state index contributed by atoms with van der Waals surface area (Å²) in [4.78, 5) is 4.05. The van der Waals surface area contributed by atoms with E-state index in [1.54, 1.807) is 4.88 Å². The van der Waals surface area contributed by atoms with Gasteiger partial charge in [0, 0.05) is 24.5 Å². The maximum Gasteiger partial charge on any atom is 0.181 e. The van der Waals surface area contributed by atoms with Gasteiger partial charge >= 0.3 is 0 Å². The third-order valence-electron chi connectivity index (χ3n) is 4.47. The van der Waals surface area contributed by atoms with E-state index in [0.717, 1.165) is 37.5 Å². The number of nitrogens with zero attached hydrogens (tertiary/aromatic N) is 3. The van der Waals surface area contributed by atoms with E-state index in [9.17, 15) is 0 Å². The molecule has 0 unspecified atom stereocenters. The van der Waals surface area contributed by atoms with Crippen LogP contribution in [0, 0.1) is 4.77 Å². The number of rotatable bonds is 3. The fraction of sp³-hybridized carbons (Fsp3) is 0.353. The van der Waals surface area contributed by atoms with Crippen molar-refractivity contribution in [2.75, 3.05) is 6.54 Å². The van der Waals surface area contributed by atoms with E-state index < -0.39 is 0 Å². The third kappa shape index (κ3) is 2.24. The Bertz CT molecular complexity index is 872. The van der Waals surface area contributed by atoms with Gasteiger partial charge in [-0.2, -0.15) is 0 Å². The Morgan fingerprint density at radius 2 is 1.91 bits per heavy atom. The van der Waals surface area contributed by atoms with Crippen LogP contribution < -0.4 is 0 Å². The molecule has 0 radical (unpaired) electrons. The normalized spacial score (nSPS) is 15.3. The molecular weight excluding hydrogens is 310 g/mol. The Kier molecular flexibility index (Phi) is 3.64. The minimum absolute atomic E-state index is 0.877. The van der Waals surface area contributed by atoms with Gasteiger partial charge in [-0.3, -0.25) is 4.90 Å². The first-order chi connectivity index (χ1) is 10.8.